The smallest absolute Gasteiger partial charge is 0.0541 e. The Labute approximate surface area is 691 Å². The van der Waals surface area contributed by atoms with Crippen molar-refractivity contribution in [3.63, 3.8) is 0 Å². The van der Waals surface area contributed by atoms with Crippen LogP contribution in [0.5, 0.6) is 0 Å². The summed E-state index contributed by atoms with van der Waals surface area (Å²) >= 11 is 0. The van der Waals surface area contributed by atoms with Crippen molar-refractivity contribution in [3.8, 4) is 67.3 Å². The highest BCUT2D eigenvalue weighted by Gasteiger charge is 2.22. The van der Waals surface area contributed by atoms with Gasteiger partial charge in [0.15, 0.2) is 0 Å². The van der Waals surface area contributed by atoms with E-state index in [-0.39, 0.29) is 0 Å². The highest BCUT2D eigenvalue weighted by Crippen LogP contribution is 2.46. The van der Waals surface area contributed by atoms with Crippen molar-refractivity contribution in [2.75, 3.05) is 0 Å². The van der Waals surface area contributed by atoms with E-state index in [9.17, 15) is 0 Å². The number of nitrogens with zero attached hydrogens (tertiary/aromatic N) is 4. The van der Waals surface area contributed by atoms with E-state index in [1.54, 1.807) is 0 Å². The van der Waals surface area contributed by atoms with Gasteiger partial charge in [-0.2, -0.15) is 0 Å². The number of rotatable bonds is 8. The van der Waals surface area contributed by atoms with Crippen LogP contribution in [0, 0.1) is 0 Å². The molecule has 0 spiro atoms. The molecule has 26 rings (SSSR count). The van der Waals surface area contributed by atoms with E-state index >= 15 is 0 Å². The van der Waals surface area contributed by atoms with Gasteiger partial charge in [-0.15, -0.1) is 0 Å². The summed E-state index contributed by atoms with van der Waals surface area (Å²) < 4.78 is 9.72. The van der Waals surface area contributed by atoms with Crippen LogP contribution < -0.4 is 0 Å². The first-order valence-corrected chi connectivity index (χ1v) is 41.5. The molecule has 4 heterocycles. The third kappa shape index (κ3) is 10.5. The number of fused-ring (bicyclic) bond motifs is 24. The Hall–Kier alpha value is -15.9. The van der Waals surface area contributed by atoms with Crippen LogP contribution in [0.25, 0.3) is 241 Å². The minimum absolute atomic E-state index is 1.15. The van der Waals surface area contributed by atoms with E-state index in [4.69, 9.17) is 0 Å². The van der Waals surface area contributed by atoms with E-state index < -0.39 is 0 Å². The number of hydrogen-bond acceptors (Lipinski definition) is 0. The molecule has 4 aromatic heterocycles. The Balaban J connectivity index is 0.000000133. The molecule has 4 heteroatoms. The minimum atomic E-state index is 1.15. The fourth-order valence-corrected chi connectivity index (χ4v) is 20.2. The molecule has 0 aliphatic carbocycles. The number of hydrogen-bond donors (Lipinski definition) is 0. The second-order valence-electron chi connectivity index (χ2n) is 32.2. The van der Waals surface area contributed by atoms with Gasteiger partial charge in [-0.05, 0) is 241 Å². The summed E-state index contributed by atoms with van der Waals surface area (Å²) in [5, 5.41) is 30.4. The van der Waals surface area contributed by atoms with Crippen LogP contribution in [-0.2, 0) is 0 Å². The molecule has 0 aliphatic rings. The number of benzene rings is 22. The Morgan fingerprint density at radius 1 is 0.117 bits per heavy atom. The van der Waals surface area contributed by atoms with Gasteiger partial charge >= 0.3 is 0 Å². The lowest BCUT2D eigenvalue weighted by molar-refractivity contribution is 1.18. The molecule has 26 aromatic rings. The second-order valence-corrected chi connectivity index (χ2v) is 32.2. The third-order valence-corrected chi connectivity index (χ3v) is 25.8. The molecule has 22 aromatic carbocycles. The zero-order valence-electron chi connectivity index (χ0n) is 65.4. The predicted octanol–water partition coefficient (Wildman–Crippen LogP) is 31.7. The molecule has 0 bridgehead atoms. The zero-order valence-corrected chi connectivity index (χ0v) is 65.4. The molecule has 0 unspecified atom stereocenters. The largest absolute Gasteiger partial charge is 0.309 e. The maximum Gasteiger partial charge on any atom is 0.0541 e. The minimum Gasteiger partial charge on any atom is -0.309 e. The summed E-state index contributed by atoms with van der Waals surface area (Å²) in [7, 11) is 0. The maximum absolute atomic E-state index is 2.43. The van der Waals surface area contributed by atoms with Crippen LogP contribution in [0.15, 0.2) is 437 Å². The fraction of sp³-hybridized carbons (Fsp3) is 0. The highest BCUT2D eigenvalue weighted by atomic mass is 15.0. The molecular weight excluding hydrogens is 1450 g/mol. The van der Waals surface area contributed by atoms with Crippen LogP contribution in [0.3, 0.4) is 0 Å². The molecule has 0 saturated carbocycles. The summed E-state index contributed by atoms with van der Waals surface area (Å²) in [6.07, 6.45) is 0. The molecule has 0 amide bonds. The van der Waals surface area contributed by atoms with Crippen LogP contribution in [-0.4, -0.2) is 18.3 Å². The topological polar surface area (TPSA) is 19.7 Å². The second kappa shape index (κ2) is 26.9. The van der Waals surface area contributed by atoms with Gasteiger partial charge in [0.2, 0.25) is 0 Å². The van der Waals surface area contributed by atoms with Gasteiger partial charge in [-0.25, -0.2) is 0 Å². The van der Waals surface area contributed by atoms with Gasteiger partial charge in [0.05, 0.1) is 55.5 Å². The van der Waals surface area contributed by atoms with Crippen molar-refractivity contribution in [1.29, 1.82) is 0 Å². The van der Waals surface area contributed by atoms with Gasteiger partial charge in [-0.3, -0.25) is 0 Å². The summed E-state index contributed by atoms with van der Waals surface area (Å²) in [6.45, 7) is 0. The molecule has 0 radical (unpaired) electrons. The standard InChI is InChI=1S/2C58H36N2/c1-3-16-45-38(12-1)23-29-49-46-28-24-40(33-43(46)25-30-48(45)49)39-14-9-15-44(34-39)59-55-20-7-5-18-50(55)52-35-41(26-31-57(52)59)42-27-32-58-53(36-42)51-19-6-8-21-56(51)60(58)54-22-10-13-37-11-2-4-17-47(37)54;1-3-15-43-38(13-1)26-31-47-45-17-5-6-18-46(45)50(36-51(43)47)39-24-29-42(30-25-39)59-55-21-9-7-19-48(55)52-34-40(27-32-57(52)59)41-28-33-58-53(35-41)49-20-8-10-22-56(49)60(58)54-23-11-14-37-12-2-4-16-44(37)54/h2*1-36H. The normalized spacial score (nSPS) is 12.0. The molecule has 0 atom stereocenters. The Bertz CT molecular complexity index is 8790. The number of para-hydroxylation sites is 4. The van der Waals surface area contributed by atoms with Crippen molar-refractivity contribution < 1.29 is 0 Å². The molecule has 0 aliphatic heterocycles. The summed E-state index contributed by atoms with van der Waals surface area (Å²) in [4.78, 5) is 0. The van der Waals surface area contributed by atoms with Gasteiger partial charge in [0.1, 0.15) is 0 Å². The first-order chi connectivity index (χ1) is 59.5. The first kappa shape index (κ1) is 67.5. The van der Waals surface area contributed by atoms with Crippen molar-refractivity contribution in [3.05, 3.63) is 437 Å². The van der Waals surface area contributed by atoms with E-state index in [1.807, 2.05) is 0 Å². The Kier molecular flexibility index (Phi) is 15.1. The summed E-state index contributed by atoms with van der Waals surface area (Å²) in [6, 6.07) is 161. The monoisotopic (exact) mass is 1520 g/mol. The molecule has 120 heavy (non-hydrogen) atoms. The van der Waals surface area contributed by atoms with Gasteiger partial charge in [0.25, 0.3) is 0 Å². The zero-order chi connectivity index (χ0) is 78.6. The fourth-order valence-electron chi connectivity index (χ4n) is 20.2. The maximum atomic E-state index is 2.43. The molecule has 0 saturated heterocycles. The lowest BCUT2D eigenvalue weighted by Gasteiger charge is -2.14. The third-order valence-electron chi connectivity index (χ3n) is 25.8. The Morgan fingerprint density at radius 2 is 0.408 bits per heavy atom. The molecular formula is C116H72N4. The van der Waals surface area contributed by atoms with Crippen LogP contribution in [0.2, 0.25) is 0 Å². The van der Waals surface area contributed by atoms with Crippen molar-refractivity contribution in [2.24, 2.45) is 0 Å². The predicted molar refractivity (Wildman–Crippen MR) is 512 cm³/mol. The molecule has 0 fully saturated rings. The summed E-state index contributed by atoms with van der Waals surface area (Å²) in [5.74, 6) is 0. The lowest BCUT2D eigenvalue weighted by Crippen LogP contribution is -1.95. The summed E-state index contributed by atoms with van der Waals surface area (Å²) in [5.41, 5.74) is 24.1. The molecule has 556 valence electrons. The molecule has 0 N–H and O–H groups in total. The van der Waals surface area contributed by atoms with E-state index in [1.165, 1.54) is 229 Å². The Morgan fingerprint density at radius 3 is 0.892 bits per heavy atom. The lowest BCUT2D eigenvalue weighted by atomic mass is 9.91. The van der Waals surface area contributed by atoms with Gasteiger partial charge < -0.3 is 18.3 Å². The number of aromatic nitrogens is 4. The van der Waals surface area contributed by atoms with E-state index in [0.29, 0.717) is 0 Å². The van der Waals surface area contributed by atoms with Gasteiger partial charge in [-0.1, -0.05) is 315 Å². The average Bonchev–Trinajstić information content (AvgIpc) is 1.53. The van der Waals surface area contributed by atoms with Crippen LogP contribution in [0.4, 0.5) is 0 Å². The van der Waals surface area contributed by atoms with Crippen molar-refractivity contribution in [2.45, 2.75) is 0 Å². The quantitative estimate of drug-likeness (QED) is 0.135. The highest BCUT2D eigenvalue weighted by molar-refractivity contribution is 6.23. The molecule has 4 nitrogen and oxygen atoms in total. The van der Waals surface area contributed by atoms with E-state index in [2.05, 4.69) is 455 Å². The van der Waals surface area contributed by atoms with Crippen LogP contribution >= 0.6 is 0 Å². The average molecular weight is 1520 g/mol. The van der Waals surface area contributed by atoms with Gasteiger partial charge in [0, 0.05) is 65.2 Å². The SMILES string of the molecule is c1cc(-c2ccc3c(ccc4c5ccccc5ccc34)c2)cc(-n2c3ccccc3c3cc(-c4ccc5c(c4)c4ccccc4n5-c4cccc5ccccc45)ccc32)c1.c1ccc2c(-n3c4ccccc4c4cc(-c5ccc6c(c5)c5ccccc5n6-c5ccc(-c6cc7c8ccccc8ccc7c7ccccc67)cc5)ccc43)cccc2c1. The van der Waals surface area contributed by atoms with Crippen LogP contribution in [0.1, 0.15) is 0 Å². The van der Waals surface area contributed by atoms with E-state index in [0.717, 1.165) is 11.4 Å². The first-order valence-electron chi connectivity index (χ1n) is 41.5. The van der Waals surface area contributed by atoms with Crippen molar-refractivity contribution >= 4 is 173 Å². The van der Waals surface area contributed by atoms with Crippen molar-refractivity contribution in [1.82, 2.24) is 18.3 Å².